The molecule has 1 saturated carbocycles. The van der Waals surface area contributed by atoms with Crippen LogP contribution in [0.25, 0.3) is 5.57 Å². The van der Waals surface area contributed by atoms with Gasteiger partial charge in [0.25, 0.3) is 0 Å². The molecule has 0 amide bonds. The molecule has 2 rings (SSSR count). The topological polar surface area (TPSA) is 29.5 Å². The molecule has 1 aliphatic rings. The summed E-state index contributed by atoms with van der Waals surface area (Å²) in [7, 11) is 0. The second-order valence-corrected chi connectivity index (χ2v) is 6.97. The third-order valence-corrected chi connectivity index (χ3v) is 4.71. The molecule has 1 fully saturated rings. The maximum atomic E-state index is 10.2. The van der Waals surface area contributed by atoms with Crippen molar-refractivity contribution in [3.8, 4) is 0 Å². The third kappa shape index (κ3) is 3.56. The lowest BCUT2D eigenvalue weighted by Crippen LogP contribution is -2.42. The Kier molecular flexibility index (Phi) is 4.60. The van der Waals surface area contributed by atoms with Crippen LogP contribution < -0.4 is 0 Å². The van der Waals surface area contributed by atoms with E-state index in [0.717, 1.165) is 18.4 Å². The molecule has 2 nitrogen and oxygen atoms in total. The second-order valence-electron chi connectivity index (χ2n) is 6.97. The zero-order valence-electron chi connectivity index (χ0n) is 13.8. The van der Waals surface area contributed by atoms with E-state index in [1.165, 1.54) is 24.0 Å². The predicted molar refractivity (Wildman–Crippen MR) is 88.1 cm³/mol. The maximum Gasteiger partial charge on any atom is 0.0936 e. The van der Waals surface area contributed by atoms with Crippen molar-refractivity contribution in [2.45, 2.75) is 70.7 Å². The smallest absolute Gasteiger partial charge is 0.0936 e. The van der Waals surface area contributed by atoms with E-state index in [1.807, 2.05) is 27.7 Å². The average Bonchev–Trinajstić information content (AvgIpc) is 2.87. The summed E-state index contributed by atoms with van der Waals surface area (Å²) in [6.45, 7) is 11.6. The first-order valence-electron chi connectivity index (χ1n) is 7.91. The van der Waals surface area contributed by atoms with Gasteiger partial charge in [0.1, 0.15) is 0 Å². The van der Waals surface area contributed by atoms with Gasteiger partial charge in [0, 0.05) is 0 Å². The van der Waals surface area contributed by atoms with E-state index < -0.39 is 5.60 Å². The van der Waals surface area contributed by atoms with Crippen molar-refractivity contribution in [3.05, 3.63) is 42.0 Å². The lowest BCUT2D eigenvalue weighted by atomic mass is 9.89. The molecule has 1 aromatic carbocycles. The molecule has 1 unspecified atom stereocenters. The van der Waals surface area contributed by atoms with Gasteiger partial charge in [-0.2, -0.15) is 0 Å². The number of allylic oxidation sites excluding steroid dienone is 1. The van der Waals surface area contributed by atoms with Gasteiger partial charge < -0.3 is 9.84 Å². The van der Waals surface area contributed by atoms with Crippen LogP contribution in [0.5, 0.6) is 0 Å². The first kappa shape index (κ1) is 16.3. The summed E-state index contributed by atoms with van der Waals surface area (Å²) < 4.78 is 6.38. The van der Waals surface area contributed by atoms with Crippen molar-refractivity contribution in [3.63, 3.8) is 0 Å². The monoisotopic (exact) mass is 288 g/mol. The van der Waals surface area contributed by atoms with Gasteiger partial charge in [0.2, 0.25) is 0 Å². The summed E-state index contributed by atoms with van der Waals surface area (Å²) in [5.74, 6) is 0. The largest absolute Gasteiger partial charge is 0.388 e. The molecule has 1 aromatic rings. The summed E-state index contributed by atoms with van der Waals surface area (Å²) in [6.07, 6.45) is 4.22. The molecule has 1 N–H and O–H groups in total. The highest BCUT2D eigenvalue weighted by Gasteiger charge is 2.40. The Balaban J connectivity index is 2.27. The van der Waals surface area contributed by atoms with Gasteiger partial charge in [-0.15, -0.1) is 0 Å². The molecule has 0 aliphatic heterocycles. The van der Waals surface area contributed by atoms with Gasteiger partial charge in [0.05, 0.1) is 17.3 Å². The predicted octanol–water partition coefficient (Wildman–Crippen LogP) is 4.67. The molecule has 21 heavy (non-hydrogen) atoms. The number of rotatable bonds is 5. The standard InChI is InChI=1S/C19H28O2/c1-14(2)16-8-10-17(11-9-16)19(12-6-7-13-19)21-15(3)18(4,5)20/h8-11,15,20H,1,6-7,12-13H2,2-5H3. The van der Waals surface area contributed by atoms with Gasteiger partial charge in [0.15, 0.2) is 0 Å². The summed E-state index contributed by atoms with van der Waals surface area (Å²) >= 11 is 0. The molecule has 1 atom stereocenters. The molecule has 0 bridgehead atoms. The molecule has 1 aliphatic carbocycles. The zero-order chi connectivity index (χ0) is 15.7. The van der Waals surface area contributed by atoms with Crippen molar-refractivity contribution in [2.75, 3.05) is 0 Å². The molecular weight excluding hydrogens is 260 g/mol. The van der Waals surface area contributed by atoms with Crippen LogP contribution in [0.3, 0.4) is 0 Å². The summed E-state index contributed by atoms with van der Waals surface area (Å²) in [5.41, 5.74) is 2.40. The highest BCUT2D eigenvalue weighted by Crippen LogP contribution is 2.44. The first-order chi connectivity index (χ1) is 9.74. The minimum absolute atomic E-state index is 0.198. The van der Waals surface area contributed by atoms with E-state index in [2.05, 4.69) is 30.8 Å². The van der Waals surface area contributed by atoms with E-state index in [4.69, 9.17) is 4.74 Å². The molecule has 0 heterocycles. The van der Waals surface area contributed by atoms with Crippen molar-refractivity contribution in [1.29, 1.82) is 0 Å². The average molecular weight is 288 g/mol. The summed E-state index contributed by atoms with van der Waals surface area (Å²) in [6, 6.07) is 8.56. The van der Waals surface area contributed by atoms with Crippen LogP contribution >= 0.6 is 0 Å². The Hall–Kier alpha value is -1.12. The number of hydrogen-bond donors (Lipinski definition) is 1. The van der Waals surface area contributed by atoms with Crippen molar-refractivity contribution in [2.24, 2.45) is 0 Å². The van der Waals surface area contributed by atoms with Gasteiger partial charge >= 0.3 is 0 Å². The van der Waals surface area contributed by atoms with Gasteiger partial charge in [-0.1, -0.05) is 49.3 Å². The number of benzene rings is 1. The van der Waals surface area contributed by atoms with E-state index in [1.54, 1.807) is 0 Å². The fourth-order valence-electron chi connectivity index (χ4n) is 2.96. The van der Waals surface area contributed by atoms with Gasteiger partial charge in [-0.3, -0.25) is 0 Å². The SMILES string of the molecule is C=C(C)c1ccc(C2(OC(C)C(C)(C)O)CCCC2)cc1. The quantitative estimate of drug-likeness (QED) is 0.853. The number of ether oxygens (including phenoxy) is 1. The fourth-order valence-corrected chi connectivity index (χ4v) is 2.96. The van der Waals surface area contributed by atoms with E-state index in [9.17, 15) is 5.11 Å². The molecule has 0 spiro atoms. The van der Waals surface area contributed by atoms with Crippen LogP contribution in [-0.2, 0) is 10.3 Å². The van der Waals surface area contributed by atoms with Crippen LogP contribution in [0, 0.1) is 0 Å². The maximum absolute atomic E-state index is 10.2. The molecule has 0 saturated heterocycles. The Morgan fingerprint density at radius 1 is 1.24 bits per heavy atom. The van der Waals surface area contributed by atoms with Crippen LogP contribution in [-0.4, -0.2) is 16.8 Å². The van der Waals surface area contributed by atoms with Gasteiger partial charge in [-0.25, -0.2) is 0 Å². The highest BCUT2D eigenvalue weighted by atomic mass is 16.5. The highest BCUT2D eigenvalue weighted by molar-refractivity contribution is 5.61. The minimum Gasteiger partial charge on any atom is -0.388 e. The molecular formula is C19H28O2. The summed E-state index contributed by atoms with van der Waals surface area (Å²) in [4.78, 5) is 0. The Bertz CT molecular complexity index is 487. The van der Waals surface area contributed by atoms with Crippen molar-refractivity contribution >= 4 is 5.57 Å². The van der Waals surface area contributed by atoms with Crippen molar-refractivity contribution in [1.82, 2.24) is 0 Å². The zero-order valence-corrected chi connectivity index (χ0v) is 13.8. The molecule has 0 radical (unpaired) electrons. The second kappa shape index (κ2) is 5.94. The third-order valence-electron chi connectivity index (χ3n) is 4.71. The molecule has 116 valence electrons. The first-order valence-corrected chi connectivity index (χ1v) is 7.91. The molecule has 2 heteroatoms. The minimum atomic E-state index is -0.826. The Morgan fingerprint density at radius 2 is 1.76 bits per heavy atom. The lowest BCUT2D eigenvalue weighted by molar-refractivity contribution is -0.158. The Labute approximate surface area is 128 Å². The van der Waals surface area contributed by atoms with Crippen LogP contribution in [0.15, 0.2) is 30.8 Å². The summed E-state index contributed by atoms with van der Waals surface area (Å²) in [5, 5.41) is 10.2. The number of aliphatic hydroxyl groups is 1. The van der Waals surface area contributed by atoms with Crippen LogP contribution in [0.4, 0.5) is 0 Å². The molecule has 0 aromatic heterocycles. The van der Waals surface area contributed by atoms with Crippen LogP contribution in [0.1, 0.15) is 64.5 Å². The number of hydrogen-bond acceptors (Lipinski definition) is 2. The van der Waals surface area contributed by atoms with Gasteiger partial charge in [-0.05, 0) is 51.7 Å². The Morgan fingerprint density at radius 3 is 2.19 bits per heavy atom. The lowest BCUT2D eigenvalue weighted by Gasteiger charge is -2.37. The van der Waals surface area contributed by atoms with E-state index in [-0.39, 0.29) is 11.7 Å². The van der Waals surface area contributed by atoms with E-state index in [0.29, 0.717) is 0 Å². The fraction of sp³-hybridized carbons (Fsp3) is 0.579. The normalized spacial score (nSPS) is 19.5. The van der Waals surface area contributed by atoms with E-state index >= 15 is 0 Å². The van der Waals surface area contributed by atoms with Crippen molar-refractivity contribution < 1.29 is 9.84 Å². The van der Waals surface area contributed by atoms with Crippen LogP contribution in [0.2, 0.25) is 0 Å².